The summed E-state index contributed by atoms with van der Waals surface area (Å²) < 4.78 is 1.94. The first kappa shape index (κ1) is 16.6. The lowest BCUT2D eigenvalue weighted by Crippen LogP contribution is -2.26. The highest BCUT2D eigenvalue weighted by atomic mass is 16.3. The van der Waals surface area contributed by atoms with Crippen LogP contribution in [0.5, 0.6) is 5.75 Å². The van der Waals surface area contributed by atoms with E-state index in [-0.39, 0.29) is 12.1 Å². The van der Waals surface area contributed by atoms with E-state index < -0.39 is 0 Å². The van der Waals surface area contributed by atoms with Gasteiger partial charge in [-0.25, -0.2) is 0 Å². The van der Waals surface area contributed by atoms with Crippen LogP contribution in [0.15, 0.2) is 24.3 Å². The maximum atomic E-state index is 10.1. The summed E-state index contributed by atoms with van der Waals surface area (Å²) in [4.78, 5) is 0. The second-order valence-electron chi connectivity index (χ2n) is 5.86. The summed E-state index contributed by atoms with van der Waals surface area (Å²) >= 11 is 0. The molecule has 2 aromatic rings. The monoisotopic (exact) mass is 301 g/mol. The van der Waals surface area contributed by atoms with E-state index in [0.29, 0.717) is 5.75 Å². The molecule has 0 fully saturated rings. The summed E-state index contributed by atoms with van der Waals surface area (Å²) in [6.07, 6.45) is 1.91. The van der Waals surface area contributed by atoms with Gasteiger partial charge in [-0.3, -0.25) is 4.68 Å². The van der Waals surface area contributed by atoms with E-state index in [4.69, 9.17) is 0 Å². The van der Waals surface area contributed by atoms with Gasteiger partial charge < -0.3 is 10.4 Å². The molecule has 4 nitrogen and oxygen atoms in total. The Kier molecular flexibility index (Phi) is 5.24. The van der Waals surface area contributed by atoms with Crippen LogP contribution in [0.3, 0.4) is 0 Å². The second-order valence-corrected chi connectivity index (χ2v) is 5.86. The molecule has 1 heterocycles. The zero-order valence-corrected chi connectivity index (χ0v) is 14.2. The van der Waals surface area contributed by atoms with Crippen molar-refractivity contribution in [3.05, 3.63) is 46.8 Å². The average Bonchev–Trinajstić information content (AvgIpc) is 2.75. The van der Waals surface area contributed by atoms with Crippen LogP contribution >= 0.6 is 0 Å². The molecule has 2 N–H and O–H groups in total. The highest BCUT2D eigenvalue weighted by Crippen LogP contribution is 2.31. The molecule has 0 saturated carbocycles. The fourth-order valence-corrected chi connectivity index (χ4v) is 3.15. The third-order valence-electron chi connectivity index (χ3n) is 4.44. The molecule has 0 aliphatic rings. The molecule has 120 valence electrons. The molecule has 0 aliphatic carbocycles. The molecule has 0 bridgehead atoms. The van der Waals surface area contributed by atoms with Crippen molar-refractivity contribution in [3.63, 3.8) is 0 Å². The van der Waals surface area contributed by atoms with E-state index >= 15 is 0 Å². The Bertz CT molecular complexity index is 633. The van der Waals surface area contributed by atoms with E-state index in [1.807, 2.05) is 29.9 Å². The van der Waals surface area contributed by atoms with Crippen LogP contribution in [0, 0.1) is 13.8 Å². The molecule has 1 aromatic carbocycles. The molecular formula is C18H27N3O. The number of aromatic hydroxyl groups is 1. The van der Waals surface area contributed by atoms with Crippen molar-refractivity contribution in [1.29, 1.82) is 0 Å². The minimum Gasteiger partial charge on any atom is -0.508 e. The zero-order valence-electron chi connectivity index (χ0n) is 14.2. The maximum absolute atomic E-state index is 10.1. The number of aryl methyl sites for hydroxylation is 2. The Hall–Kier alpha value is -1.81. The molecule has 4 heteroatoms. The number of phenolic OH excluding ortho intramolecular Hbond substituents is 1. The van der Waals surface area contributed by atoms with Crippen molar-refractivity contribution in [1.82, 2.24) is 15.1 Å². The SMILES string of the molecule is CC[C@H](N[C@H](CC)c1c(C)nn(C)c1C)c1ccccc1O. The van der Waals surface area contributed by atoms with Crippen molar-refractivity contribution in [3.8, 4) is 5.75 Å². The highest BCUT2D eigenvalue weighted by molar-refractivity contribution is 5.35. The van der Waals surface area contributed by atoms with E-state index in [9.17, 15) is 5.11 Å². The van der Waals surface area contributed by atoms with Gasteiger partial charge in [-0.1, -0.05) is 32.0 Å². The summed E-state index contributed by atoms with van der Waals surface area (Å²) in [6.45, 7) is 8.50. The third-order valence-corrected chi connectivity index (χ3v) is 4.44. The number of rotatable bonds is 6. The van der Waals surface area contributed by atoms with E-state index in [2.05, 4.69) is 38.1 Å². The molecule has 2 atom stereocenters. The number of phenols is 1. The molecular weight excluding hydrogens is 274 g/mol. The normalized spacial score (nSPS) is 14.0. The summed E-state index contributed by atoms with van der Waals surface area (Å²) in [5.74, 6) is 0.358. The van der Waals surface area contributed by atoms with Crippen molar-refractivity contribution >= 4 is 0 Å². The predicted octanol–water partition coefficient (Wildman–Crippen LogP) is 3.93. The Labute approximate surface area is 133 Å². The number of nitrogens with one attached hydrogen (secondary N) is 1. The van der Waals surface area contributed by atoms with Crippen molar-refractivity contribution in [2.45, 2.75) is 52.6 Å². The lowest BCUT2D eigenvalue weighted by molar-refractivity contribution is 0.401. The number of hydrogen-bond donors (Lipinski definition) is 2. The lowest BCUT2D eigenvalue weighted by Gasteiger charge is -2.26. The summed E-state index contributed by atoms with van der Waals surface area (Å²) in [7, 11) is 1.99. The van der Waals surface area contributed by atoms with Crippen molar-refractivity contribution in [2.75, 3.05) is 0 Å². The molecule has 0 saturated heterocycles. The van der Waals surface area contributed by atoms with Gasteiger partial charge in [0.2, 0.25) is 0 Å². The first-order chi connectivity index (χ1) is 10.5. The molecule has 0 aliphatic heterocycles. The van der Waals surface area contributed by atoms with Gasteiger partial charge in [-0.15, -0.1) is 0 Å². The van der Waals surface area contributed by atoms with Gasteiger partial charge in [0.15, 0.2) is 0 Å². The van der Waals surface area contributed by atoms with Crippen molar-refractivity contribution < 1.29 is 5.11 Å². The third kappa shape index (κ3) is 3.17. The molecule has 0 unspecified atom stereocenters. The van der Waals surface area contributed by atoms with E-state index in [0.717, 1.165) is 24.1 Å². The number of benzene rings is 1. The van der Waals surface area contributed by atoms with Crippen molar-refractivity contribution in [2.24, 2.45) is 7.05 Å². The van der Waals surface area contributed by atoms with Gasteiger partial charge in [-0.05, 0) is 32.8 Å². The minimum absolute atomic E-state index is 0.130. The zero-order chi connectivity index (χ0) is 16.3. The summed E-state index contributed by atoms with van der Waals surface area (Å²) in [5.41, 5.74) is 4.51. The van der Waals surface area contributed by atoms with Gasteiger partial charge in [0.1, 0.15) is 5.75 Å². The fourth-order valence-electron chi connectivity index (χ4n) is 3.15. The van der Waals surface area contributed by atoms with Crippen LogP contribution in [0.1, 0.15) is 61.3 Å². The van der Waals surface area contributed by atoms with Crippen LogP contribution in [0.25, 0.3) is 0 Å². The van der Waals surface area contributed by atoms with Gasteiger partial charge in [0.25, 0.3) is 0 Å². The Morgan fingerprint density at radius 3 is 2.27 bits per heavy atom. The smallest absolute Gasteiger partial charge is 0.120 e. The predicted molar refractivity (Wildman–Crippen MR) is 90.0 cm³/mol. The lowest BCUT2D eigenvalue weighted by atomic mass is 9.97. The second kappa shape index (κ2) is 6.97. The summed E-state index contributed by atoms with van der Waals surface area (Å²) in [6, 6.07) is 7.94. The Morgan fingerprint density at radius 1 is 1.14 bits per heavy atom. The number of para-hydroxylation sites is 1. The minimum atomic E-state index is 0.130. The molecule has 0 radical (unpaired) electrons. The highest BCUT2D eigenvalue weighted by Gasteiger charge is 2.23. The summed E-state index contributed by atoms with van der Waals surface area (Å²) in [5, 5.41) is 18.4. The first-order valence-electron chi connectivity index (χ1n) is 8.03. The molecule has 0 spiro atoms. The van der Waals surface area contributed by atoms with Gasteiger partial charge in [0.05, 0.1) is 5.69 Å². The van der Waals surface area contributed by atoms with Crippen LogP contribution in [0.4, 0.5) is 0 Å². The standard InChI is InChI=1S/C18H27N3O/c1-6-15(14-10-8-9-11-17(14)22)19-16(7-2)18-12(3)20-21(5)13(18)4/h8-11,15-16,19,22H,6-7H2,1-5H3/t15-,16+/m0/s1. The average molecular weight is 301 g/mol. The van der Waals surface area contributed by atoms with Crippen LogP contribution in [-0.4, -0.2) is 14.9 Å². The van der Waals surface area contributed by atoms with Gasteiger partial charge >= 0.3 is 0 Å². The van der Waals surface area contributed by atoms with Crippen LogP contribution in [-0.2, 0) is 7.05 Å². The topological polar surface area (TPSA) is 50.1 Å². The van der Waals surface area contributed by atoms with E-state index in [1.54, 1.807) is 6.07 Å². The van der Waals surface area contributed by atoms with Gasteiger partial charge in [-0.2, -0.15) is 5.10 Å². The quantitative estimate of drug-likeness (QED) is 0.850. The number of aromatic nitrogens is 2. The molecule has 1 aromatic heterocycles. The van der Waals surface area contributed by atoms with E-state index in [1.165, 1.54) is 11.3 Å². The first-order valence-corrected chi connectivity index (χ1v) is 8.03. The fraction of sp³-hybridized carbons (Fsp3) is 0.500. The van der Waals surface area contributed by atoms with Gasteiger partial charge in [0, 0.05) is 36.0 Å². The Morgan fingerprint density at radius 2 is 1.77 bits per heavy atom. The van der Waals surface area contributed by atoms with Crippen LogP contribution in [0.2, 0.25) is 0 Å². The van der Waals surface area contributed by atoms with Crippen LogP contribution < -0.4 is 5.32 Å². The molecule has 0 amide bonds. The molecule has 22 heavy (non-hydrogen) atoms. The Balaban J connectivity index is 2.30. The maximum Gasteiger partial charge on any atom is 0.120 e. The molecule has 2 rings (SSSR count). The number of hydrogen-bond acceptors (Lipinski definition) is 3. The number of nitrogens with zero attached hydrogens (tertiary/aromatic N) is 2. The largest absolute Gasteiger partial charge is 0.508 e.